The van der Waals surface area contributed by atoms with Crippen molar-refractivity contribution < 1.29 is 9.72 Å². The molecule has 158 valence electrons. The molecule has 0 radical (unpaired) electrons. The molecular weight excluding hydrogens is 384 g/mol. The Kier molecular flexibility index (Phi) is 5.52. The smallest absolute Gasteiger partial charge is 0.293 e. The third-order valence-corrected chi connectivity index (χ3v) is 5.50. The molecule has 1 saturated heterocycles. The van der Waals surface area contributed by atoms with E-state index in [1.165, 1.54) is 6.07 Å². The molecule has 2 aliphatic rings. The van der Waals surface area contributed by atoms with Crippen molar-refractivity contribution in [3.05, 3.63) is 51.5 Å². The number of hydrogen-bond acceptors (Lipinski definition) is 7. The van der Waals surface area contributed by atoms with Crippen molar-refractivity contribution in [3.63, 3.8) is 0 Å². The summed E-state index contributed by atoms with van der Waals surface area (Å²) < 4.78 is 0. The maximum Gasteiger partial charge on any atom is 0.293 e. The van der Waals surface area contributed by atoms with Gasteiger partial charge in [0, 0.05) is 48.6 Å². The van der Waals surface area contributed by atoms with Crippen LogP contribution in [-0.2, 0) is 0 Å². The Labute approximate surface area is 175 Å². The Bertz CT molecular complexity index is 947. The summed E-state index contributed by atoms with van der Waals surface area (Å²) in [6.07, 6.45) is 3.62. The van der Waals surface area contributed by atoms with E-state index in [0.29, 0.717) is 11.3 Å². The highest BCUT2D eigenvalue weighted by atomic mass is 16.6. The lowest BCUT2D eigenvalue weighted by molar-refractivity contribution is -0.384. The quantitative estimate of drug-likeness (QED) is 0.556. The summed E-state index contributed by atoms with van der Waals surface area (Å²) in [5.41, 5.74) is 1.65. The molecule has 2 aromatic rings. The molecule has 1 saturated carbocycles. The van der Waals surface area contributed by atoms with Gasteiger partial charge in [-0.1, -0.05) is 0 Å². The van der Waals surface area contributed by atoms with E-state index in [4.69, 9.17) is 0 Å². The van der Waals surface area contributed by atoms with Crippen molar-refractivity contribution in [1.29, 1.82) is 0 Å². The Hall–Kier alpha value is -3.23. The number of nitro groups is 1. The number of rotatable bonds is 6. The van der Waals surface area contributed by atoms with Crippen LogP contribution in [-0.4, -0.2) is 46.0 Å². The second-order valence-electron chi connectivity index (χ2n) is 8.06. The SMILES string of the molecule is Cc1cc(N2CCC(Nc3ccc(C(=O)NC4CC4)cc3[N+](=O)[O-])CC2)nc(C)n1. The Morgan fingerprint density at radius 3 is 2.47 bits per heavy atom. The van der Waals surface area contributed by atoms with Crippen LogP contribution in [0.1, 0.15) is 47.6 Å². The summed E-state index contributed by atoms with van der Waals surface area (Å²) in [6.45, 7) is 5.46. The van der Waals surface area contributed by atoms with Gasteiger partial charge < -0.3 is 15.5 Å². The number of aryl methyl sites for hydroxylation is 2. The van der Waals surface area contributed by atoms with Crippen LogP contribution in [0.25, 0.3) is 0 Å². The number of anilines is 2. The van der Waals surface area contributed by atoms with Crippen LogP contribution in [0.15, 0.2) is 24.3 Å². The highest BCUT2D eigenvalue weighted by Crippen LogP contribution is 2.29. The number of carbonyl (C=O) groups excluding carboxylic acids is 1. The van der Waals surface area contributed by atoms with Crippen molar-refractivity contribution in [2.45, 2.75) is 51.6 Å². The molecule has 4 rings (SSSR count). The molecule has 1 amide bonds. The fourth-order valence-electron chi connectivity index (χ4n) is 3.77. The third kappa shape index (κ3) is 4.67. The van der Waals surface area contributed by atoms with Crippen molar-refractivity contribution >= 4 is 23.1 Å². The second kappa shape index (κ2) is 8.25. The highest BCUT2D eigenvalue weighted by Gasteiger charge is 2.27. The van der Waals surface area contributed by atoms with Crippen LogP contribution in [0, 0.1) is 24.0 Å². The predicted octanol–water partition coefficient (Wildman–Crippen LogP) is 2.97. The molecule has 30 heavy (non-hydrogen) atoms. The molecule has 9 heteroatoms. The van der Waals surface area contributed by atoms with Gasteiger partial charge in [-0.05, 0) is 51.7 Å². The van der Waals surface area contributed by atoms with E-state index in [-0.39, 0.29) is 23.7 Å². The standard InChI is InChI=1S/C21H26N6O3/c1-13-11-20(23-14(2)22-13)26-9-7-17(8-10-26)24-18-6-3-15(12-19(18)27(29)30)21(28)25-16-4-5-16/h3,6,11-12,16-17,24H,4-5,7-10H2,1-2H3,(H,25,28). The van der Waals surface area contributed by atoms with Crippen molar-refractivity contribution in [2.75, 3.05) is 23.3 Å². The van der Waals surface area contributed by atoms with Gasteiger partial charge in [0.25, 0.3) is 11.6 Å². The number of hydrogen-bond donors (Lipinski definition) is 2. The molecule has 0 spiro atoms. The minimum Gasteiger partial charge on any atom is -0.377 e. The number of nitrogens with one attached hydrogen (secondary N) is 2. The number of aromatic nitrogens is 2. The molecule has 2 heterocycles. The topological polar surface area (TPSA) is 113 Å². The van der Waals surface area contributed by atoms with Gasteiger partial charge in [-0.3, -0.25) is 14.9 Å². The summed E-state index contributed by atoms with van der Waals surface area (Å²) in [6, 6.07) is 6.97. The number of piperidine rings is 1. The predicted molar refractivity (Wildman–Crippen MR) is 114 cm³/mol. The average molecular weight is 410 g/mol. The van der Waals surface area contributed by atoms with Gasteiger partial charge in [0.1, 0.15) is 17.3 Å². The first-order valence-corrected chi connectivity index (χ1v) is 10.3. The van der Waals surface area contributed by atoms with E-state index >= 15 is 0 Å². The fraction of sp³-hybridized carbons (Fsp3) is 0.476. The van der Waals surface area contributed by atoms with Crippen molar-refractivity contribution in [2.24, 2.45) is 0 Å². The van der Waals surface area contributed by atoms with Crippen LogP contribution >= 0.6 is 0 Å². The number of nitro benzene ring substituents is 1. The monoisotopic (exact) mass is 410 g/mol. The van der Waals surface area contributed by atoms with Crippen LogP contribution in [0.2, 0.25) is 0 Å². The van der Waals surface area contributed by atoms with E-state index in [1.807, 2.05) is 19.9 Å². The molecule has 1 aliphatic carbocycles. The molecular formula is C21H26N6O3. The minimum absolute atomic E-state index is 0.0667. The highest BCUT2D eigenvalue weighted by molar-refractivity contribution is 5.96. The normalized spacial score (nSPS) is 16.9. The van der Waals surface area contributed by atoms with Crippen molar-refractivity contribution in [1.82, 2.24) is 15.3 Å². The average Bonchev–Trinajstić information content (AvgIpc) is 3.52. The van der Waals surface area contributed by atoms with Crippen molar-refractivity contribution in [3.8, 4) is 0 Å². The maximum atomic E-state index is 12.2. The largest absolute Gasteiger partial charge is 0.377 e. The van der Waals surface area contributed by atoms with E-state index in [1.54, 1.807) is 12.1 Å². The molecule has 2 N–H and O–H groups in total. The summed E-state index contributed by atoms with van der Waals surface area (Å²) in [7, 11) is 0. The van der Waals surface area contributed by atoms with Gasteiger partial charge >= 0.3 is 0 Å². The lowest BCUT2D eigenvalue weighted by Gasteiger charge is -2.33. The van der Waals surface area contributed by atoms with Gasteiger partial charge in [-0.25, -0.2) is 9.97 Å². The zero-order valence-electron chi connectivity index (χ0n) is 17.2. The molecule has 0 bridgehead atoms. The molecule has 1 aliphatic heterocycles. The number of amides is 1. The Balaban J connectivity index is 1.41. The zero-order valence-corrected chi connectivity index (χ0v) is 17.2. The molecule has 1 aromatic heterocycles. The van der Waals surface area contributed by atoms with E-state index in [0.717, 1.165) is 56.1 Å². The molecule has 9 nitrogen and oxygen atoms in total. The lowest BCUT2D eigenvalue weighted by Crippen LogP contribution is -2.39. The van der Waals surface area contributed by atoms with Gasteiger partial charge in [0.05, 0.1) is 4.92 Å². The summed E-state index contributed by atoms with van der Waals surface area (Å²) in [5, 5.41) is 17.8. The first-order chi connectivity index (χ1) is 14.4. The summed E-state index contributed by atoms with van der Waals surface area (Å²) in [4.78, 5) is 34.4. The molecule has 1 aromatic carbocycles. The summed E-state index contributed by atoms with van der Waals surface area (Å²) in [5.74, 6) is 1.43. The van der Waals surface area contributed by atoms with E-state index < -0.39 is 4.92 Å². The fourth-order valence-corrected chi connectivity index (χ4v) is 3.77. The van der Waals surface area contributed by atoms with Gasteiger partial charge in [0.2, 0.25) is 0 Å². The van der Waals surface area contributed by atoms with Crippen LogP contribution in [0.3, 0.4) is 0 Å². The number of carbonyl (C=O) groups is 1. The minimum atomic E-state index is -0.433. The van der Waals surface area contributed by atoms with E-state index in [9.17, 15) is 14.9 Å². The van der Waals surface area contributed by atoms with Crippen LogP contribution < -0.4 is 15.5 Å². The van der Waals surface area contributed by atoms with Gasteiger partial charge in [0.15, 0.2) is 0 Å². The lowest BCUT2D eigenvalue weighted by atomic mass is 10.0. The molecule has 0 atom stereocenters. The second-order valence-corrected chi connectivity index (χ2v) is 8.06. The van der Waals surface area contributed by atoms with Crippen LogP contribution in [0.4, 0.5) is 17.2 Å². The van der Waals surface area contributed by atoms with E-state index in [2.05, 4.69) is 25.5 Å². The first-order valence-electron chi connectivity index (χ1n) is 10.3. The Morgan fingerprint density at radius 2 is 1.83 bits per heavy atom. The Morgan fingerprint density at radius 1 is 1.10 bits per heavy atom. The number of benzene rings is 1. The third-order valence-electron chi connectivity index (χ3n) is 5.50. The zero-order chi connectivity index (χ0) is 21.3. The molecule has 2 fully saturated rings. The van der Waals surface area contributed by atoms with Gasteiger partial charge in [-0.2, -0.15) is 0 Å². The molecule has 0 unspecified atom stereocenters. The van der Waals surface area contributed by atoms with Gasteiger partial charge in [-0.15, -0.1) is 0 Å². The maximum absolute atomic E-state index is 12.2. The first kappa shape index (κ1) is 20.1. The number of nitrogens with zero attached hydrogens (tertiary/aromatic N) is 4. The summed E-state index contributed by atoms with van der Waals surface area (Å²) >= 11 is 0. The van der Waals surface area contributed by atoms with Crippen LogP contribution in [0.5, 0.6) is 0 Å².